The van der Waals surface area contributed by atoms with E-state index in [4.69, 9.17) is 4.74 Å². The van der Waals surface area contributed by atoms with Gasteiger partial charge >= 0.3 is 0 Å². The fraction of sp³-hybridized carbons (Fsp3) is 0.500. The number of nitrogens with zero attached hydrogens (tertiary/aromatic N) is 1. The van der Waals surface area contributed by atoms with E-state index < -0.39 is 4.92 Å². The van der Waals surface area contributed by atoms with Crippen molar-refractivity contribution in [2.24, 2.45) is 0 Å². The number of ether oxygens (including phenoxy) is 2. The Balaban J connectivity index is 0.000000270. The van der Waals surface area contributed by atoms with Gasteiger partial charge in [-0.2, -0.15) is 0 Å². The first kappa shape index (κ1) is 16.9. The maximum absolute atomic E-state index is 10.4. The molecule has 0 bridgehead atoms. The highest BCUT2D eigenvalue weighted by molar-refractivity contribution is 5.38. The van der Waals surface area contributed by atoms with Gasteiger partial charge in [0.25, 0.3) is 12.2 Å². The molecule has 1 saturated heterocycles. The molecule has 7 nitrogen and oxygen atoms in total. The lowest BCUT2D eigenvalue weighted by Crippen LogP contribution is -2.50. The second kappa shape index (κ2) is 7.58. The van der Waals surface area contributed by atoms with Gasteiger partial charge in [0.1, 0.15) is 17.5 Å². The molecule has 0 aliphatic carbocycles. The summed E-state index contributed by atoms with van der Waals surface area (Å²) < 4.78 is 10.0. The highest BCUT2D eigenvalue weighted by Gasteiger charge is 2.18. The van der Waals surface area contributed by atoms with Crippen LogP contribution in [-0.4, -0.2) is 36.2 Å². The van der Waals surface area contributed by atoms with Gasteiger partial charge in [0.05, 0.1) is 4.92 Å². The van der Waals surface area contributed by atoms with Gasteiger partial charge in [0.2, 0.25) is 0 Å². The quantitative estimate of drug-likeness (QED) is 0.518. The number of nitro groups is 1. The van der Waals surface area contributed by atoms with Crippen LogP contribution in [0.3, 0.4) is 0 Å². The van der Waals surface area contributed by atoms with E-state index in [1.807, 2.05) is 20.8 Å². The molecule has 1 aliphatic rings. The van der Waals surface area contributed by atoms with Gasteiger partial charge in [-0.15, -0.1) is 0 Å². The minimum Gasteiger partial charge on any atom is -0.488 e. The van der Waals surface area contributed by atoms with Crippen LogP contribution in [0.4, 0.5) is 5.69 Å². The normalized spacial score (nSPS) is 14.2. The molecule has 2 rings (SSSR count). The fourth-order valence-electron chi connectivity index (χ4n) is 1.33. The molecule has 1 heterocycles. The molecule has 0 atom stereocenters. The minimum absolute atomic E-state index is 0.0871. The lowest BCUT2D eigenvalue weighted by molar-refractivity contribution is -0.384. The maximum atomic E-state index is 10.4. The third-order valence-corrected chi connectivity index (χ3v) is 2.50. The van der Waals surface area contributed by atoms with Crippen molar-refractivity contribution in [3.8, 4) is 5.75 Å². The number of nitrogens with one attached hydrogen (secondary N) is 1. The van der Waals surface area contributed by atoms with Crippen LogP contribution in [0.1, 0.15) is 20.8 Å². The minimum atomic E-state index is -0.422. The van der Waals surface area contributed by atoms with Crippen LogP contribution in [0.15, 0.2) is 24.3 Å². The molecule has 1 aromatic rings. The molecule has 0 amide bonds. The molecule has 0 spiro atoms. The predicted molar refractivity (Wildman–Crippen MR) is 77.3 cm³/mol. The first-order valence-electron chi connectivity index (χ1n) is 6.55. The molecule has 1 N–H and O–H groups in total. The van der Waals surface area contributed by atoms with Crippen LogP contribution >= 0.6 is 0 Å². The highest BCUT2D eigenvalue weighted by Crippen LogP contribution is 2.18. The van der Waals surface area contributed by atoms with Gasteiger partial charge < -0.3 is 14.8 Å². The predicted octanol–water partition coefficient (Wildman–Crippen LogP) is 1.90. The van der Waals surface area contributed by atoms with Gasteiger partial charge in [-0.3, -0.25) is 14.9 Å². The van der Waals surface area contributed by atoms with Crippen molar-refractivity contribution in [2.45, 2.75) is 32.5 Å². The van der Waals surface area contributed by atoms with Gasteiger partial charge in [-0.05, 0) is 32.9 Å². The van der Waals surface area contributed by atoms with E-state index in [1.54, 1.807) is 12.1 Å². The number of benzene rings is 1. The molecule has 1 fully saturated rings. The third-order valence-electron chi connectivity index (χ3n) is 2.50. The van der Waals surface area contributed by atoms with Crippen LogP contribution in [0, 0.1) is 10.1 Å². The largest absolute Gasteiger partial charge is 0.488 e. The average Bonchev–Trinajstić information content (AvgIpc) is 2.34. The summed E-state index contributed by atoms with van der Waals surface area (Å²) in [6.45, 7) is 7.61. The second-order valence-electron chi connectivity index (χ2n) is 5.48. The van der Waals surface area contributed by atoms with E-state index in [2.05, 4.69) is 10.1 Å². The summed E-state index contributed by atoms with van der Waals surface area (Å²) in [5.41, 5.74) is -0.231. The van der Waals surface area contributed by atoms with Gasteiger partial charge in [-0.25, -0.2) is 0 Å². The standard InChI is InChI=1S/C9H10N2O3.C5H10O2/c12-11(13)7-1-3-8(4-2-7)14-9-5-10-6-9;1-5(2,3)7-4-6/h1-4,9-10H,5-6H2;4H,1-3H3. The SMILES string of the molecule is CC(C)(C)OC=O.O=[N+]([O-])c1ccc(OC2CNC2)cc1. The zero-order chi connectivity index (χ0) is 15.9. The molecule has 7 heteroatoms. The molecule has 1 aliphatic heterocycles. The molecule has 0 unspecified atom stereocenters. The summed E-state index contributed by atoms with van der Waals surface area (Å²) in [6, 6.07) is 6.13. The van der Waals surface area contributed by atoms with E-state index >= 15 is 0 Å². The zero-order valence-electron chi connectivity index (χ0n) is 12.4. The van der Waals surface area contributed by atoms with Gasteiger partial charge in [0.15, 0.2) is 0 Å². The molecule has 116 valence electrons. The van der Waals surface area contributed by atoms with Crippen molar-refractivity contribution >= 4 is 12.2 Å². The lowest BCUT2D eigenvalue weighted by atomic mass is 10.2. The van der Waals surface area contributed by atoms with Crippen molar-refractivity contribution in [2.75, 3.05) is 13.1 Å². The molecule has 21 heavy (non-hydrogen) atoms. The second-order valence-corrected chi connectivity index (χ2v) is 5.48. The Bertz CT molecular complexity index is 463. The van der Waals surface area contributed by atoms with Crippen molar-refractivity contribution in [1.29, 1.82) is 0 Å². The first-order chi connectivity index (χ1) is 9.81. The summed E-state index contributed by atoms with van der Waals surface area (Å²) in [5.74, 6) is 0.683. The molecule has 0 radical (unpaired) electrons. The fourth-order valence-corrected chi connectivity index (χ4v) is 1.33. The Kier molecular flexibility index (Phi) is 6.10. The number of carbonyl (C=O) groups excluding carboxylic acids is 1. The van der Waals surface area contributed by atoms with Gasteiger partial charge in [0, 0.05) is 25.2 Å². The van der Waals surface area contributed by atoms with Crippen molar-refractivity contribution in [3.05, 3.63) is 34.4 Å². The average molecular weight is 296 g/mol. The first-order valence-corrected chi connectivity index (χ1v) is 6.55. The van der Waals surface area contributed by atoms with E-state index in [1.165, 1.54) is 12.1 Å². The summed E-state index contributed by atoms with van der Waals surface area (Å²) in [6.07, 6.45) is 0.205. The Morgan fingerprint density at radius 1 is 1.29 bits per heavy atom. The molecular weight excluding hydrogens is 276 g/mol. The molecule has 1 aromatic carbocycles. The van der Waals surface area contributed by atoms with Crippen LogP contribution in [0.2, 0.25) is 0 Å². The maximum Gasteiger partial charge on any atom is 0.293 e. The van der Waals surface area contributed by atoms with Crippen LogP contribution < -0.4 is 10.1 Å². The van der Waals surface area contributed by atoms with Crippen LogP contribution in [0.5, 0.6) is 5.75 Å². The van der Waals surface area contributed by atoms with E-state index in [0.717, 1.165) is 13.1 Å². The van der Waals surface area contributed by atoms with Crippen molar-refractivity contribution in [1.82, 2.24) is 5.32 Å². The van der Waals surface area contributed by atoms with Crippen molar-refractivity contribution < 1.29 is 19.2 Å². The third kappa shape index (κ3) is 6.71. The summed E-state index contributed by atoms with van der Waals surface area (Å²) in [4.78, 5) is 19.5. The Morgan fingerprint density at radius 2 is 1.86 bits per heavy atom. The van der Waals surface area contributed by atoms with E-state index in [0.29, 0.717) is 12.2 Å². The Hall–Kier alpha value is -2.15. The summed E-state index contributed by atoms with van der Waals surface area (Å²) in [7, 11) is 0. The lowest BCUT2D eigenvalue weighted by Gasteiger charge is -2.27. The summed E-state index contributed by atoms with van der Waals surface area (Å²) >= 11 is 0. The van der Waals surface area contributed by atoms with Crippen molar-refractivity contribution in [3.63, 3.8) is 0 Å². The Morgan fingerprint density at radius 3 is 2.14 bits per heavy atom. The number of non-ortho nitro benzene ring substituents is 1. The number of hydrogen-bond donors (Lipinski definition) is 1. The number of carbonyl (C=O) groups is 1. The zero-order valence-corrected chi connectivity index (χ0v) is 12.4. The molecule has 0 aromatic heterocycles. The summed E-state index contributed by atoms with van der Waals surface area (Å²) in [5, 5.41) is 13.4. The van der Waals surface area contributed by atoms with Gasteiger partial charge in [-0.1, -0.05) is 0 Å². The highest BCUT2D eigenvalue weighted by atomic mass is 16.6. The number of nitro benzene ring substituents is 1. The number of hydrogen-bond acceptors (Lipinski definition) is 6. The molecule has 0 saturated carbocycles. The number of rotatable bonds is 4. The van der Waals surface area contributed by atoms with Crippen LogP contribution in [0.25, 0.3) is 0 Å². The monoisotopic (exact) mass is 296 g/mol. The molecular formula is C14H20N2O5. The van der Waals surface area contributed by atoms with E-state index in [9.17, 15) is 14.9 Å². The topological polar surface area (TPSA) is 90.7 Å². The van der Waals surface area contributed by atoms with E-state index in [-0.39, 0.29) is 17.4 Å². The smallest absolute Gasteiger partial charge is 0.293 e. The Labute approximate surface area is 123 Å². The van der Waals surface area contributed by atoms with Crippen LogP contribution in [-0.2, 0) is 9.53 Å².